The van der Waals surface area contributed by atoms with E-state index in [9.17, 15) is 0 Å². The van der Waals surface area contributed by atoms with Crippen LogP contribution in [0.5, 0.6) is 0 Å². The molecule has 0 saturated heterocycles. The van der Waals surface area contributed by atoms with E-state index in [4.69, 9.17) is 15.9 Å². The largest absolute Gasteiger partial charge is 0.422 e. The molecule has 2 unspecified atom stereocenters. The highest BCUT2D eigenvalue weighted by Gasteiger charge is 2.13. The van der Waals surface area contributed by atoms with Crippen LogP contribution in [0.25, 0.3) is 0 Å². The number of hydrogen-bond donors (Lipinski definition) is 2. The Balaban J connectivity index is 3.40. The monoisotopic (exact) mass is 162 g/mol. The minimum atomic E-state index is -1.11. The van der Waals surface area contributed by atoms with Gasteiger partial charge in [0, 0.05) is 12.8 Å². The molecule has 0 saturated carbocycles. The van der Waals surface area contributed by atoms with Crippen molar-refractivity contribution in [3.05, 3.63) is 0 Å². The molecule has 10 heavy (non-hydrogen) atoms. The van der Waals surface area contributed by atoms with Crippen molar-refractivity contribution in [2.24, 2.45) is 11.5 Å². The third-order valence-electron chi connectivity index (χ3n) is 1.58. The van der Waals surface area contributed by atoms with Crippen LogP contribution in [-0.2, 0) is 4.43 Å². The summed E-state index contributed by atoms with van der Waals surface area (Å²) in [6.07, 6.45) is 1.05. The molecule has 0 aromatic rings. The summed E-state index contributed by atoms with van der Waals surface area (Å²) in [6, 6.07) is 1.10. The first-order chi connectivity index (χ1) is 4.72. The van der Waals surface area contributed by atoms with Crippen molar-refractivity contribution >= 4 is 9.04 Å². The van der Waals surface area contributed by atoms with Crippen LogP contribution in [0.2, 0.25) is 6.04 Å². The minimum Gasteiger partial charge on any atom is -0.422 e. The Morgan fingerprint density at radius 2 is 2.20 bits per heavy atom. The van der Waals surface area contributed by atoms with Gasteiger partial charge in [-0.15, -0.1) is 0 Å². The molecule has 0 aliphatic heterocycles. The van der Waals surface area contributed by atoms with Gasteiger partial charge in [0.2, 0.25) is 0 Å². The topological polar surface area (TPSA) is 61.3 Å². The van der Waals surface area contributed by atoms with Gasteiger partial charge in [0.25, 0.3) is 0 Å². The van der Waals surface area contributed by atoms with Crippen LogP contribution in [0.1, 0.15) is 13.3 Å². The maximum absolute atomic E-state index is 5.68. The molecule has 0 spiro atoms. The number of rotatable bonds is 5. The Labute approximate surface area is 64.5 Å². The van der Waals surface area contributed by atoms with E-state index in [-0.39, 0.29) is 5.67 Å². The fourth-order valence-corrected chi connectivity index (χ4v) is 2.74. The zero-order chi connectivity index (χ0) is 7.98. The first-order valence-corrected chi connectivity index (χ1v) is 5.66. The molecule has 0 heterocycles. The molecule has 0 aliphatic carbocycles. The van der Waals surface area contributed by atoms with E-state index in [2.05, 4.69) is 0 Å². The maximum atomic E-state index is 5.68. The first-order valence-electron chi connectivity index (χ1n) is 3.70. The van der Waals surface area contributed by atoms with E-state index in [1.54, 1.807) is 7.11 Å². The predicted molar refractivity (Wildman–Crippen MR) is 46.3 cm³/mol. The highest BCUT2D eigenvalue weighted by atomic mass is 28.3. The summed E-state index contributed by atoms with van der Waals surface area (Å²) in [6.45, 7) is 2.76. The van der Waals surface area contributed by atoms with Crippen LogP contribution in [0.15, 0.2) is 0 Å². The summed E-state index contributed by atoms with van der Waals surface area (Å²) >= 11 is 0. The molecule has 0 bridgehead atoms. The maximum Gasteiger partial charge on any atom is 0.192 e. The van der Waals surface area contributed by atoms with Gasteiger partial charge in [-0.2, -0.15) is 0 Å². The van der Waals surface area contributed by atoms with Gasteiger partial charge in [-0.1, -0.05) is 6.92 Å². The molecule has 4 N–H and O–H groups in total. The summed E-state index contributed by atoms with van der Waals surface area (Å²) in [5.41, 5.74) is 11.3. The van der Waals surface area contributed by atoms with E-state index in [0.29, 0.717) is 0 Å². The van der Waals surface area contributed by atoms with E-state index in [1.807, 2.05) is 6.92 Å². The molecule has 0 amide bonds. The second-order valence-electron chi connectivity index (χ2n) is 2.56. The first kappa shape index (κ1) is 10.1. The smallest absolute Gasteiger partial charge is 0.192 e. The number of hydrogen-bond acceptors (Lipinski definition) is 3. The molecule has 0 aromatic heterocycles. The fraction of sp³-hybridized carbons (Fsp3) is 1.00. The van der Waals surface area contributed by atoms with E-state index in [0.717, 1.165) is 19.0 Å². The van der Waals surface area contributed by atoms with Crippen molar-refractivity contribution in [2.45, 2.75) is 25.1 Å². The van der Waals surface area contributed by atoms with Gasteiger partial charge in [-0.25, -0.2) is 0 Å². The molecular formula is C6H18N2OSi. The van der Waals surface area contributed by atoms with E-state index in [1.165, 1.54) is 0 Å². The molecule has 0 fully saturated rings. The Morgan fingerprint density at radius 1 is 1.60 bits per heavy atom. The lowest BCUT2D eigenvalue weighted by Crippen LogP contribution is -2.37. The Hall–Kier alpha value is 0.0969. The van der Waals surface area contributed by atoms with Gasteiger partial charge in [0.15, 0.2) is 9.04 Å². The lowest BCUT2D eigenvalue weighted by molar-refractivity contribution is 0.407. The third-order valence-corrected chi connectivity index (χ3v) is 4.34. The quantitative estimate of drug-likeness (QED) is 0.540. The molecular weight excluding hydrogens is 144 g/mol. The zero-order valence-electron chi connectivity index (χ0n) is 6.84. The summed E-state index contributed by atoms with van der Waals surface area (Å²) in [4.78, 5) is 0. The molecule has 0 aromatic carbocycles. The zero-order valence-corrected chi connectivity index (χ0v) is 7.99. The van der Waals surface area contributed by atoms with Crippen LogP contribution in [-0.4, -0.2) is 28.4 Å². The van der Waals surface area contributed by atoms with Crippen molar-refractivity contribution < 1.29 is 4.43 Å². The van der Waals surface area contributed by atoms with Crippen molar-refractivity contribution in [3.63, 3.8) is 0 Å². The van der Waals surface area contributed by atoms with Crippen molar-refractivity contribution in [1.29, 1.82) is 0 Å². The average Bonchev–Trinajstić information content (AvgIpc) is 1.89. The van der Waals surface area contributed by atoms with Crippen LogP contribution in [0, 0.1) is 0 Å². The Kier molecular flexibility index (Phi) is 5.91. The van der Waals surface area contributed by atoms with Gasteiger partial charge in [-0.3, -0.25) is 0 Å². The van der Waals surface area contributed by atoms with E-state index >= 15 is 0 Å². The average molecular weight is 162 g/mol. The Morgan fingerprint density at radius 3 is 2.50 bits per heavy atom. The lowest BCUT2D eigenvalue weighted by atomic mass is 10.5. The van der Waals surface area contributed by atoms with Crippen molar-refractivity contribution in [2.75, 3.05) is 13.7 Å². The highest BCUT2D eigenvalue weighted by molar-refractivity contribution is 6.53. The molecule has 2 atom stereocenters. The predicted octanol–water partition coefficient (Wildman–Crippen LogP) is -0.408. The highest BCUT2D eigenvalue weighted by Crippen LogP contribution is 1.99. The summed E-state index contributed by atoms with van der Waals surface area (Å²) < 4.78 is 5.27. The summed E-state index contributed by atoms with van der Waals surface area (Å²) in [7, 11) is 0.641. The SMILES string of the molecule is CO[SiH](CCCN)C(C)N. The van der Waals surface area contributed by atoms with Gasteiger partial charge in [0.1, 0.15) is 0 Å². The molecule has 0 radical (unpaired) electrons. The fourth-order valence-electron chi connectivity index (χ4n) is 0.914. The van der Waals surface area contributed by atoms with Crippen LogP contribution < -0.4 is 11.5 Å². The summed E-state index contributed by atoms with van der Waals surface area (Å²) in [5.74, 6) is 0. The van der Waals surface area contributed by atoms with Crippen LogP contribution in [0.3, 0.4) is 0 Å². The van der Waals surface area contributed by atoms with Gasteiger partial charge in [-0.05, 0) is 19.0 Å². The lowest BCUT2D eigenvalue weighted by Gasteiger charge is -2.15. The standard InChI is InChI=1S/C6H18N2OSi/c1-6(8)10(9-2)5-3-4-7/h6,10H,3-5,7-8H2,1-2H3. The summed E-state index contributed by atoms with van der Waals surface area (Å²) in [5, 5.41) is 0. The Bertz CT molecular complexity index is 80.1. The normalized spacial score (nSPS) is 16.8. The molecule has 0 rings (SSSR count). The van der Waals surface area contributed by atoms with Crippen molar-refractivity contribution in [3.8, 4) is 0 Å². The number of nitrogens with two attached hydrogens (primary N) is 2. The van der Waals surface area contributed by atoms with E-state index < -0.39 is 9.04 Å². The minimum absolute atomic E-state index is 0.247. The second kappa shape index (κ2) is 5.85. The van der Waals surface area contributed by atoms with Crippen LogP contribution >= 0.6 is 0 Å². The molecule has 0 aliphatic rings. The van der Waals surface area contributed by atoms with Gasteiger partial charge < -0.3 is 15.9 Å². The van der Waals surface area contributed by atoms with Gasteiger partial charge in [0.05, 0.1) is 0 Å². The molecule has 4 heteroatoms. The molecule has 62 valence electrons. The van der Waals surface area contributed by atoms with Crippen LogP contribution in [0.4, 0.5) is 0 Å². The molecule has 3 nitrogen and oxygen atoms in total. The van der Waals surface area contributed by atoms with Gasteiger partial charge >= 0.3 is 0 Å². The second-order valence-corrected chi connectivity index (χ2v) is 5.74. The van der Waals surface area contributed by atoms with Crippen molar-refractivity contribution in [1.82, 2.24) is 0 Å². The third kappa shape index (κ3) is 4.00.